The minimum absolute atomic E-state index is 0. The van der Waals surface area contributed by atoms with E-state index in [9.17, 15) is 0 Å². The van der Waals surface area contributed by atoms with Crippen molar-refractivity contribution in [3.63, 3.8) is 0 Å². The molecule has 5 heavy (non-hydrogen) atoms. The van der Waals surface area contributed by atoms with E-state index in [2.05, 4.69) is 0 Å². The normalized spacial score (nSPS) is 4.80. The summed E-state index contributed by atoms with van der Waals surface area (Å²) in [5, 5.41) is 0. The van der Waals surface area contributed by atoms with Crippen LogP contribution in [0.5, 0.6) is 0 Å². The van der Waals surface area contributed by atoms with Gasteiger partial charge in [-0.2, -0.15) is 13.5 Å². The van der Waals surface area contributed by atoms with Gasteiger partial charge in [-0.15, -0.1) is 0 Å². The first-order valence-electron chi connectivity index (χ1n) is 0.651. The van der Waals surface area contributed by atoms with Gasteiger partial charge in [0.2, 0.25) is 0 Å². The topological polar surface area (TPSA) is 57.5 Å². The summed E-state index contributed by atoms with van der Waals surface area (Å²) in [5.41, 5.74) is 0. The molecule has 2 N–H and O–H groups in total. The van der Waals surface area contributed by atoms with Crippen LogP contribution in [0.1, 0.15) is 0 Å². The molecular weight excluding hydrogens is 108 g/mol. The Morgan fingerprint density at radius 3 is 1.40 bits per heavy atom. The Hall–Kier alpha value is -0.0331. The average molecular weight is 112 g/mol. The molecule has 0 aliphatic heterocycles. The summed E-state index contributed by atoms with van der Waals surface area (Å²) < 4.78 is 8.74. The van der Waals surface area contributed by atoms with Crippen LogP contribution in [-0.2, 0) is 4.46 Å². The Morgan fingerprint density at radius 1 is 1.40 bits per heavy atom. The molecule has 0 amide bonds. The molecule has 0 bridgehead atoms. The SMILES string of the molecule is O=[Si](O)O.S. The van der Waals surface area contributed by atoms with Crippen molar-refractivity contribution in [3.8, 4) is 0 Å². The van der Waals surface area contributed by atoms with Gasteiger partial charge in [0.1, 0.15) is 0 Å². The molecule has 0 aromatic rings. The maximum absolute atomic E-state index is 8.74. The Morgan fingerprint density at radius 2 is 1.40 bits per heavy atom. The van der Waals surface area contributed by atoms with Crippen molar-refractivity contribution < 1.29 is 14.1 Å². The van der Waals surface area contributed by atoms with Crippen LogP contribution in [0.2, 0.25) is 0 Å². The third-order valence-corrected chi connectivity index (χ3v) is 0. The monoisotopic (exact) mass is 112 g/mol. The fourth-order valence-electron chi connectivity index (χ4n) is 0. The lowest BCUT2D eigenvalue weighted by atomic mass is 15.8. The summed E-state index contributed by atoms with van der Waals surface area (Å²) in [6.45, 7) is 0. The number of rotatable bonds is 0. The van der Waals surface area contributed by atoms with Crippen LogP contribution in [-0.4, -0.2) is 18.8 Å². The molecule has 32 valence electrons. The summed E-state index contributed by atoms with van der Waals surface area (Å²) in [7, 11) is -3.13. The highest BCUT2D eigenvalue weighted by Gasteiger charge is 1.85. The van der Waals surface area contributed by atoms with E-state index in [4.69, 9.17) is 14.1 Å². The Kier molecular flexibility index (Phi) is 7.04. The van der Waals surface area contributed by atoms with Gasteiger partial charge in [0.25, 0.3) is 0 Å². The standard InChI is InChI=1S/H2O3Si.H2S/c1-4(2)3;/h1-2H;1H2. The van der Waals surface area contributed by atoms with Gasteiger partial charge in [0.05, 0.1) is 0 Å². The molecule has 0 spiro atoms. The van der Waals surface area contributed by atoms with Crippen LogP contribution in [0.3, 0.4) is 0 Å². The molecule has 0 aliphatic carbocycles. The minimum atomic E-state index is -3.13. The first-order chi connectivity index (χ1) is 1.73. The van der Waals surface area contributed by atoms with Crippen molar-refractivity contribution in [1.82, 2.24) is 0 Å². The van der Waals surface area contributed by atoms with Gasteiger partial charge in [0, 0.05) is 0 Å². The Bertz CT molecular complexity index is 29.9. The van der Waals surface area contributed by atoms with Gasteiger partial charge in [-0.1, -0.05) is 0 Å². The van der Waals surface area contributed by atoms with Gasteiger partial charge >= 0.3 is 9.17 Å². The average Bonchev–Trinajstić information content (AvgIpc) is 0.811. The van der Waals surface area contributed by atoms with E-state index in [0.29, 0.717) is 0 Å². The molecule has 0 rings (SSSR count). The quantitative estimate of drug-likeness (QED) is 0.375. The highest BCUT2D eigenvalue weighted by atomic mass is 32.1. The van der Waals surface area contributed by atoms with Crippen LogP contribution >= 0.6 is 13.5 Å². The van der Waals surface area contributed by atoms with E-state index < -0.39 is 9.17 Å². The molecule has 0 saturated heterocycles. The maximum atomic E-state index is 8.74. The molecule has 0 aromatic carbocycles. The van der Waals surface area contributed by atoms with Crippen LogP contribution in [0.4, 0.5) is 0 Å². The highest BCUT2D eigenvalue weighted by molar-refractivity contribution is 7.59. The van der Waals surface area contributed by atoms with Gasteiger partial charge in [0.15, 0.2) is 0 Å². The van der Waals surface area contributed by atoms with Gasteiger partial charge in [-0.3, -0.25) is 4.46 Å². The second-order valence-electron chi connectivity index (χ2n) is 0.283. The zero-order valence-electron chi connectivity index (χ0n) is 2.30. The van der Waals surface area contributed by atoms with E-state index in [-0.39, 0.29) is 13.5 Å². The van der Waals surface area contributed by atoms with Crippen LogP contribution < -0.4 is 0 Å². The Labute approximate surface area is 37.6 Å². The molecule has 0 aromatic heterocycles. The summed E-state index contributed by atoms with van der Waals surface area (Å²) in [6, 6.07) is 0. The largest absolute Gasteiger partial charge is 0.761 e. The van der Waals surface area contributed by atoms with Gasteiger partial charge in [-0.25, -0.2) is 0 Å². The van der Waals surface area contributed by atoms with E-state index in [0.717, 1.165) is 0 Å². The fourth-order valence-corrected chi connectivity index (χ4v) is 0. The summed E-state index contributed by atoms with van der Waals surface area (Å²) in [6.07, 6.45) is 0. The van der Waals surface area contributed by atoms with Crippen LogP contribution in [0, 0.1) is 0 Å². The molecule has 0 unspecified atom stereocenters. The molecule has 3 nitrogen and oxygen atoms in total. The summed E-state index contributed by atoms with van der Waals surface area (Å²) in [4.78, 5) is 14.3. The highest BCUT2D eigenvalue weighted by Crippen LogP contribution is 1.27. The number of hydrogen-bond acceptors (Lipinski definition) is 1. The lowest BCUT2D eigenvalue weighted by Crippen LogP contribution is -1.90. The molecule has 0 atom stereocenters. The minimum Gasteiger partial charge on any atom is -0.511 e. The molecular formula is H4O3SSi. The molecule has 0 heterocycles. The van der Waals surface area contributed by atoms with Crippen molar-refractivity contribution in [2.45, 2.75) is 0 Å². The smallest absolute Gasteiger partial charge is 0.511 e. The fraction of sp³-hybridized carbons (Fsp3) is 0. The molecule has 0 fully saturated rings. The van der Waals surface area contributed by atoms with Crippen molar-refractivity contribution in [2.24, 2.45) is 0 Å². The third-order valence-electron chi connectivity index (χ3n) is 0. The predicted molar refractivity (Wildman–Crippen MR) is 21.3 cm³/mol. The zero-order chi connectivity index (χ0) is 3.58. The molecule has 0 saturated carbocycles. The van der Waals surface area contributed by atoms with E-state index in [1.165, 1.54) is 0 Å². The van der Waals surface area contributed by atoms with Crippen molar-refractivity contribution in [1.29, 1.82) is 0 Å². The third kappa shape index (κ3) is 14000. The van der Waals surface area contributed by atoms with Crippen LogP contribution in [0.15, 0.2) is 0 Å². The number of hydrogen-bond donors (Lipinski definition) is 2. The lowest BCUT2D eigenvalue weighted by Gasteiger charge is -1.55. The summed E-state index contributed by atoms with van der Waals surface area (Å²) >= 11 is 0. The Balaban J connectivity index is 0. The van der Waals surface area contributed by atoms with E-state index in [1.54, 1.807) is 0 Å². The second kappa shape index (κ2) is 3.97. The first-order valence-corrected chi connectivity index (χ1v) is 1.95. The predicted octanol–water partition coefficient (Wildman–Crippen LogP) is -1.50. The maximum Gasteiger partial charge on any atom is 0.761 e. The lowest BCUT2D eigenvalue weighted by molar-refractivity contribution is 0.330. The van der Waals surface area contributed by atoms with Gasteiger partial charge < -0.3 is 9.59 Å². The molecule has 0 aliphatic rings. The second-order valence-corrected chi connectivity index (χ2v) is 0.848. The zero-order valence-corrected chi connectivity index (χ0v) is 4.30. The summed E-state index contributed by atoms with van der Waals surface area (Å²) in [5.74, 6) is 0. The van der Waals surface area contributed by atoms with Crippen molar-refractivity contribution in [2.75, 3.05) is 0 Å². The first kappa shape index (κ1) is 8.88. The molecule has 5 heteroatoms. The molecule has 0 radical (unpaired) electrons. The van der Waals surface area contributed by atoms with Crippen LogP contribution in [0.25, 0.3) is 0 Å². The van der Waals surface area contributed by atoms with Crippen molar-refractivity contribution >= 4 is 22.7 Å². The van der Waals surface area contributed by atoms with Crippen molar-refractivity contribution in [3.05, 3.63) is 0 Å². The van der Waals surface area contributed by atoms with Gasteiger partial charge in [-0.05, 0) is 0 Å². The van der Waals surface area contributed by atoms with E-state index >= 15 is 0 Å². The van der Waals surface area contributed by atoms with E-state index in [1.807, 2.05) is 0 Å².